The van der Waals surface area contributed by atoms with Crippen LogP contribution in [0.4, 0.5) is 0 Å². The van der Waals surface area contributed by atoms with Crippen molar-refractivity contribution in [2.24, 2.45) is 11.5 Å². The number of rotatable bonds is 4. The summed E-state index contributed by atoms with van der Waals surface area (Å²) in [5.74, 6) is -0.761. The fourth-order valence-electron chi connectivity index (χ4n) is 1.70. The van der Waals surface area contributed by atoms with Crippen LogP contribution >= 0.6 is 0 Å². The maximum atomic E-state index is 10.9. The molecule has 0 aliphatic heterocycles. The van der Waals surface area contributed by atoms with Crippen LogP contribution in [0.3, 0.4) is 0 Å². The van der Waals surface area contributed by atoms with Crippen LogP contribution in [-0.4, -0.2) is 11.8 Å². The zero-order valence-corrected chi connectivity index (χ0v) is 11.7. The van der Waals surface area contributed by atoms with Gasteiger partial charge in [0, 0.05) is 11.1 Å². The lowest BCUT2D eigenvalue weighted by Gasteiger charge is -2.01. The van der Waals surface area contributed by atoms with E-state index in [-0.39, 0.29) is 11.8 Å². The van der Waals surface area contributed by atoms with Gasteiger partial charge in [0.25, 0.3) is 0 Å². The third-order valence-electron chi connectivity index (χ3n) is 2.71. The highest BCUT2D eigenvalue weighted by Gasteiger charge is 2.04. The summed E-state index contributed by atoms with van der Waals surface area (Å²) in [7, 11) is 0. The lowest BCUT2D eigenvalue weighted by Crippen LogP contribution is -2.13. The molecule has 2 aromatic carbocycles. The number of benzene rings is 2. The van der Waals surface area contributed by atoms with Gasteiger partial charge in [-0.25, -0.2) is 0 Å². The van der Waals surface area contributed by atoms with Crippen molar-refractivity contribution in [3.05, 3.63) is 83.9 Å². The average molecular weight is 282 g/mol. The first-order chi connectivity index (χ1) is 10.1. The molecule has 21 heavy (non-hydrogen) atoms. The van der Waals surface area contributed by atoms with Crippen LogP contribution in [0, 0.1) is 0 Å². The number of carbonyl (C=O) groups is 2. The van der Waals surface area contributed by atoms with Gasteiger partial charge in [-0.2, -0.15) is 0 Å². The lowest BCUT2D eigenvalue weighted by atomic mass is 10.0. The Bertz CT molecular complexity index is 622. The summed E-state index contributed by atoms with van der Waals surface area (Å²) in [5.41, 5.74) is 12.2. The number of allylic oxidation sites excluding steroid dienone is 1. The Labute approximate surface area is 124 Å². The zero-order valence-electron chi connectivity index (χ0n) is 11.7. The maximum Gasteiger partial charge on any atom is 0.248 e. The summed E-state index contributed by atoms with van der Waals surface area (Å²) in [6.45, 7) is 3.60. The Hall–Kier alpha value is -2.88. The molecule has 0 heterocycles. The predicted octanol–water partition coefficient (Wildman–Crippen LogP) is 2.30. The number of amides is 2. The normalized spacial score (nSPS) is 9.14. The van der Waals surface area contributed by atoms with E-state index in [1.165, 1.54) is 0 Å². The van der Waals surface area contributed by atoms with Crippen molar-refractivity contribution in [2.75, 3.05) is 0 Å². The van der Waals surface area contributed by atoms with E-state index in [4.69, 9.17) is 11.5 Å². The highest BCUT2D eigenvalue weighted by atomic mass is 16.1. The van der Waals surface area contributed by atoms with Crippen molar-refractivity contribution in [3.63, 3.8) is 0 Å². The molecule has 0 aliphatic carbocycles. The quantitative estimate of drug-likeness (QED) is 0.843. The van der Waals surface area contributed by atoms with Gasteiger partial charge in [0.2, 0.25) is 11.8 Å². The minimum Gasteiger partial charge on any atom is -0.366 e. The molecule has 0 fully saturated rings. The van der Waals surface area contributed by atoms with E-state index in [9.17, 15) is 9.59 Å². The van der Waals surface area contributed by atoms with Crippen LogP contribution in [-0.2, 0) is 6.42 Å². The van der Waals surface area contributed by atoms with Gasteiger partial charge in [-0.1, -0.05) is 42.5 Å². The van der Waals surface area contributed by atoms with Gasteiger partial charge in [-0.05, 0) is 30.2 Å². The predicted molar refractivity (Wildman–Crippen MR) is 83.8 cm³/mol. The molecule has 0 radical (unpaired) electrons. The van der Waals surface area contributed by atoms with E-state index in [2.05, 4.69) is 6.58 Å². The summed E-state index contributed by atoms with van der Waals surface area (Å²) >= 11 is 0. The second kappa shape index (κ2) is 8.32. The molecular formula is C17H18N2O2. The Balaban J connectivity index is 0.000000219. The minimum atomic E-state index is -0.382. The molecule has 4 heteroatoms. The summed E-state index contributed by atoms with van der Waals surface area (Å²) in [4.78, 5) is 21.3. The van der Waals surface area contributed by atoms with Crippen molar-refractivity contribution in [1.82, 2.24) is 0 Å². The van der Waals surface area contributed by atoms with Crippen LogP contribution in [0.5, 0.6) is 0 Å². The second-order valence-electron chi connectivity index (χ2n) is 4.24. The summed E-state index contributed by atoms with van der Waals surface area (Å²) < 4.78 is 0. The lowest BCUT2D eigenvalue weighted by molar-refractivity contribution is 0.0991. The van der Waals surface area contributed by atoms with Gasteiger partial charge in [0.1, 0.15) is 0 Å². The molecule has 108 valence electrons. The number of nitrogens with two attached hydrogens (primary N) is 2. The Morgan fingerprint density at radius 1 is 0.905 bits per heavy atom. The van der Waals surface area contributed by atoms with Crippen LogP contribution in [0.1, 0.15) is 26.3 Å². The van der Waals surface area contributed by atoms with Crippen molar-refractivity contribution in [1.29, 1.82) is 0 Å². The van der Waals surface area contributed by atoms with E-state index in [0.29, 0.717) is 17.5 Å². The van der Waals surface area contributed by atoms with Gasteiger partial charge in [-0.3, -0.25) is 9.59 Å². The first-order valence-electron chi connectivity index (χ1n) is 6.39. The Morgan fingerprint density at radius 2 is 1.48 bits per heavy atom. The van der Waals surface area contributed by atoms with E-state index in [0.717, 1.165) is 5.56 Å². The number of hydrogen-bond acceptors (Lipinski definition) is 2. The molecule has 4 N–H and O–H groups in total. The van der Waals surface area contributed by atoms with Crippen molar-refractivity contribution < 1.29 is 9.59 Å². The molecule has 0 atom stereocenters. The minimum absolute atomic E-state index is 0.379. The molecule has 0 bridgehead atoms. The molecule has 2 rings (SSSR count). The number of hydrogen-bond donors (Lipinski definition) is 2. The first-order valence-corrected chi connectivity index (χ1v) is 6.39. The van der Waals surface area contributed by atoms with E-state index in [1.807, 2.05) is 18.2 Å². The molecule has 2 aromatic rings. The Morgan fingerprint density at radius 3 is 1.95 bits per heavy atom. The highest BCUT2D eigenvalue weighted by molar-refractivity contribution is 5.94. The van der Waals surface area contributed by atoms with Crippen LogP contribution < -0.4 is 11.5 Å². The van der Waals surface area contributed by atoms with Crippen molar-refractivity contribution in [3.8, 4) is 0 Å². The van der Waals surface area contributed by atoms with Crippen LogP contribution in [0.2, 0.25) is 0 Å². The first kappa shape index (κ1) is 16.2. The third-order valence-corrected chi connectivity index (χ3v) is 2.71. The molecule has 4 nitrogen and oxygen atoms in total. The van der Waals surface area contributed by atoms with Gasteiger partial charge < -0.3 is 11.5 Å². The summed E-state index contributed by atoms with van der Waals surface area (Å²) in [5, 5.41) is 0. The molecule has 0 aromatic heterocycles. The van der Waals surface area contributed by atoms with Crippen LogP contribution in [0.15, 0.2) is 67.3 Å². The topological polar surface area (TPSA) is 86.2 Å². The van der Waals surface area contributed by atoms with Crippen molar-refractivity contribution >= 4 is 11.8 Å². The second-order valence-corrected chi connectivity index (χ2v) is 4.24. The molecule has 0 aliphatic rings. The van der Waals surface area contributed by atoms with Crippen LogP contribution in [0.25, 0.3) is 0 Å². The number of primary amides is 2. The highest BCUT2D eigenvalue weighted by Crippen LogP contribution is 2.08. The fraction of sp³-hybridized carbons (Fsp3) is 0.0588. The van der Waals surface area contributed by atoms with E-state index < -0.39 is 0 Å². The smallest absolute Gasteiger partial charge is 0.248 e. The van der Waals surface area contributed by atoms with Gasteiger partial charge in [0.15, 0.2) is 0 Å². The molecule has 0 spiro atoms. The third kappa shape index (κ3) is 5.32. The van der Waals surface area contributed by atoms with E-state index in [1.54, 1.807) is 42.5 Å². The molecule has 2 amide bonds. The average Bonchev–Trinajstić information content (AvgIpc) is 2.49. The van der Waals surface area contributed by atoms with Crippen molar-refractivity contribution in [2.45, 2.75) is 6.42 Å². The number of carbonyl (C=O) groups excluding carboxylic acids is 2. The molecule has 0 saturated heterocycles. The standard InChI is InChI=1S/C10H11NO.C7H7NO/c1-2-5-8-6-3-4-7-9(8)10(11)12;8-7(9)6-4-2-1-3-5-6/h2-4,6-7H,1,5H2,(H2,11,12);1-5H,(H2,8,9). The van der Waals surface area contributed by atoms with Gasteiger partial charge >= 0.3 is 0 Å². The van der Waals surface area contributed by atoms with Gasteiger partial charge in [-0.15, -0.1) is 6.58 Å². The molecule has 0 saturated carbocycles. The zero-order chi connectivity index (χ0) is 15.7. The maximum absolute atomic E-state index is 10.9. The molecular weight excluding hydrogens is 264 g/mol. The SMILES string of the molecule is C=CCc1ccccc1C(N)=O.NC(=O)c1ccccc1. The largest absolute Gasteiger partial charge is 0.366 e. The Kier molecular flexibility index (Phi) is 6.41. The monoisotopic (exact) mass is 282 g/mol. The summed E-state index contributed by atoms with van der Waals surface area (Å²) in [6.07, 6.45) is 2.43. The summed E-state index contributed by atoms with van der Waals surface area (Å²) in [6, 6.07) is 16.0. The fourth-order valence-corrected chi connectivity index (χ4v) is 1.70. The van der Waals surface area contributed by atoms with Gasteiger partial charge in [0.05, 0.1) is 0 Å². The molecule has 0 unspecified atom stereocenters. The van der Waals surface area contributed by atoms with E-state index >= 15 is 0 Å².